The van der Waals surface area contributed by atoms with Crippen LogP contribution in [-0.2, 0) is 0 Å². The summed E-state index contributed by atoms with van der Waals surface area (Å²) in [6.45, 7) is 1.56. The summed E-state index contributed by atoms with van der Waals surface area (Å²) in [5.41, 5.74) is 0.907. The molecule has 19 heavy (non-hydrogen) atoms. The molecule has 2 aromatic rings. The minimum absolute atomic E-state index is 0.134. The molecule has 0 fully saturated rings. The molecule has 0 bridgehead atoms. The molecule has 1 unspecified atom stereocenters. The molecule has 100 valence electrons. The molecule has 1 heterocycles. The maximum atomic E-state index is 11.8. The number of hydrogen-bond donors (Lipinski definition) is 2. The van der Waals surface area contributed by atoms with Crippen molar-refractivity contribution < 1.29 is 14.4 Å². The molecule has 1 aromatic carbocycles. The Bertz CT molecular complexity index is 583. The average Bonchev–Trinajstić information content (AvgIpc) is 2.88. The van der Waals surface area contributed by atoms with Gasteiger partial charge in [-0.05, 0) is 19.1 Å². The quantitative estimate of drug-likeness (QED) is 0.899. The fourth-order valence-corrected chi connectivity index (χ4v) is 1.69. The van der Waals surface area contributed by atoms with Crippen LogP contribution in [0.15, 0.2) is 34.9 Å². The number of hydrogen-bond acceptors (Lipinski definition) is 4. The van der Waals surface area contributed by atoms with Gasteiger partial charge in [0.2, 0.25) is 0 Å². The van der Waals surface area contributed by atoms with Crippen molar-refractivity contribution in [3.8, 4) is 11.3 Å². The highest BCUT2D eigenvalue weighted by Crippen LogP contribution is 2.23. The van der Waals surface area contributed by atoms with Crippen LogP contribution in [-0.4, -0.2) is 28.8 Å². The third-order valence-corrected chi connectivity index (χ3v) is 2.74. The molecule has 0 radical (unpaired) electrons. The second-order valence-electron chi connectivity index (χ2n) is 4.14. The van der Waals surface area contributed by atoms with E-state index >= 15 is 0 Å². The molecule has 1 aromatic heterocycles. The minimum atomic E-state index is -0.390. The molecule has 0 saturated carbocycles. The zero-order valence-corrected chi connectivity index (χ0v) is 11.0. The van der Waals surface area contributed by atoms with Crippen molar-refractivity contribution in [2.45, 2.75) is 13.0 Å². The number of aromatic nitrogens is 1. The average molecular weight is 281 g/mol. The Kier molecular flexibility index (Phi) is 4.19. The van der Waals surface area contributed by atoms with Gasteiger partial charge in [0.25, 0.3) is 5.91 Å². The smallest absolute Gasteiger partial charge is 0.273 e. The van der Waals surface area contributed by atoms with Crippen LogP contribution in [0.2, 0.25) is 5.02 Å². The monoisotopic (exact) mass is 280 g/mol. The molecular formula is C13H13ClN2O3. The lowest BCUT2D eigenvalue weighted by Gasteiger charge is -2.07. The van der Waals surface area contributed by atoms with E-state index in [1.54, 1.807) is 25.1 Å². The van der Waals surface area contributed by atoms with Gasteiger partial charge in [0.15, 0.2) is 11.5 Å². The third kappa shape index (κ3) is 3.33. The summed E-state index contributed by atoms with van der Waals surface area (Å²) in [4.78, 5) is 11.8. The van der Waals surface area contributed by atoms with E-state index in [0.717, 1.165) is 5.56 Å². The Labute approximate surface area is 115 Å². The summed E-state index contributed by atoms with van der Waals surface area (Å²) < 4.78 is 5.11. The Morgan fingerprint density at radius 3 is 3.00 bits per heavy atom. The van der Waals surface area contributed by atoms with E-state index < -0.39 is 5.91 Å². The van der Waals surface area contributed by atoms with Crippen LogP contribution in [0.5, 0.6) is 0 Å². The number of aliphatic hydroxyl groups is 1. The first kappa shape index (κ1) is 13.6. The van der Waals surface area contributed by atoms with Crippen LogP contribution in [0, 0.1) is 0 Å². The van der Waals surface area contributed by atoms with Gasteiger partial charge < -0.3 is 14.9 Å². The van der Waals surface area contributed by atoms with Crippen LogP contribution in [0.1, 0.15) is 17.4 Å². The molecule has 0 aliphatic rings. The molecule has 1 amide bonds. The second kappa shape index (κ2) is 5.86. The number of carbonyl (C=O) groups excluding carboxylic acids is 1. The van der Waals surface area contributed by atoms with Crippen molar-refractivity contribution in [3.63, 3.8) is 0 Å². The Morgan fingerprint density at radius 1 is 1.53 bits per heavy atom. The van der Waals surface area contributed by atoms with E-state index in [-0.39, 0.29) is 18.3 Å². The van der Waals surface area contributed by atoms with E-state index in [2.05, 4.69) is 10.5 Å². The normalized spacial score (nSPS) is 12.2. The first-order chi connectivity index (χ1) is 9.10. The lowest BCUT2D eigenvalue weighted by atomic mass is 10.1. The molecule has 5 nitrogen and oxygen atoms in total. The predicted octanol–water partition coefficient (Wildman–Crippen LogP) is 2.11. The first-order valence-corrected chi connectivity index (χ1v) is 6.12. The van der Waals surface area contributed by atoms with Crippen LogP contribution in [0.25, 0.3) is 11.3 Å². The number of carbonyl (C=O) groups is 1. The summed E-state index contributed by atoms with van der Waals surface area (Å²) in [5.74, 6) is 0.0721. The van der Waals surface area contributed by atoms with E-state index in [1.165, 1.54) is 6.07 Å². The summed E-state index contributed by atoms with van der Waals surface area (Å²) in [6.07, 6.45) is 0. The predicted molar refractivity (Wildman–Crippen MR) is 71.0 cm³/mol. The molecular weight excluding hydrogens is 268 g/mol. The molecule has 0 aliphatic heterocycles. The topological polar surface area (TPSA) is 75.4 Å². The molecule has 0 aliphatic carbocycles. The highest BCUT2D eigenvalue weighted by Gasteiger charge is 2.15. The number of amides is 1. The Hall–Kier alpha value is -1.85. The highest BCUT2D eigenvalue weighted by atomic mass is 35.5. The minimum Gasteiger partial charge on any atom is -0.394 e. The van der Waals surface area contributed by atoms with E-state index in [9.17, 15) is 4.79 Å². The number of aliphatic hydroxyl groups excluding tert-OH is 1. The van der Waals surface area contributed by atoms with Gasteiger partial charge in [-0.3, -0.25) is 4.79 Å². The molecule has 0 saturated heterocycles. The summed E-state index contributed by atoms with van der Waals surface area (Å²) in [5, 5.41) is 15.7. The zero-order chi connectivity index (χ0) is 13.8. The second-order valence-corrected chi connectivity index (χ2v) is 4.58. The van der Waals surface area contributed by atoms with Gasteiger partial charge in [-0.2, -0.15) is 0 Å². The molecule has 6 heteroatoms. The largest absolute Gasteiger partial charge is 0.394 e. The van der Waals surface area contributed by atoms with Gasteiger partial charge >= 0.3 is 0 Å². The first-order valence-electron chi connectivity index (χ1n) is 5.74. The van der Waals surface area contributed by atoms with Gasteiger partial charge in [-0.1, -0.05) is 28.9 Å². The van der Waals surface area contributed by atoms with Crippen molar-refractivity contribution in [2.24, 2.45) is 0 Å². The number of nitrogens with one attached hydrogen (secondary N) is 1. The number of rotatable bonds is 4. The van der Waals surface area contributed by atoms with Gasteiger partial charge in [0, 0.05) is 22.7 Å². The van der Waals surface area contributed by atoms with Crippen molar-refractivity contribution >= 4 is 17.5 Å². The van der Waals surface area contributed by atoms with Crippen LogP contribution >= 0.6 is 11.6 Å². The SMILES string of the molecule is CC(CO)NC(=O)c1cc(-c2cccc(Cl)c2)on1. The summed E-state index contributed by atoms with van der Waals surface area (Å²) >= 11 is 5.88. The lowest BCUT2D eigenvalue weighted by molar-refractivity contribution is 0.0913. The number of nitrogens with zero attached hydrogens (tertiary/aromatic N) is 1. The molecule has 2 rings (SSSR count). The van der Waals surface area contributed by atoms with Gasteiger partial charge in [-0.15, -0.1) is 0 Å². The Morgan fingerprint density at radius 2 is 2.32 bits per heavy atom. The Balaban J connectivity index is 2.17. The van der Waals surface area contributed by atoms with E-state index in [1.807, 2.05) is 6.07 Å². The van der Waals surface area contributed by atoms with Crippen molar-refractivity contribution in [1.29, 1.82) is 0 Å². The number of benzene rings is 1. The van der Waals surface area contributed by atoms with Gasteiger partial charge in [0.05, 0.1) is 6.61 Å². The number of halogens is 1. The summed E-state index contributed by atoms with van der Waals surface area (Å²) in [7, 11) is 0. The van der Waals surface area contributed by atoms with E-state index in [4.69, 9.17) is 21.2 Å². The standard InChI is InChI=1S/C13H13ClN2O3/c1-8(7-17)15-13(18)11-6-12(19-16-11)9-3-2-4-10(14)5-9/h2-6,8,17H,7H2,1H3,(H,15,18). The van der Waals surface area contributed by atoms with Crippen LogP contribution in [0.3, 0.4) is 0 Å². The van der Waals surface area contributed by atoms with Crippen LogP contribution < -0.4 is 5.32 Å². The summed E-state index contributed by atoms with van der Waals surface area (Å²) in [6, 6.07) is 8.26. The lowest BCUT2D eigenvalue weighted by Crippen LogP contribution is -2.35. The van der Waals surface area contributed by atoms with Gasteiger partial charge in [0.1, 0.15) is 0 Å². The van der Waals surface area contributed by atoms with Crippen LogP contribution in [0.4, 0.5) is 0 Å². The van der Waals surface area contributed by atoms with Crippen molar-refractivity contribution in [2.75, 3.05) is 6.61 Å². The zero-order valence-electron chi connectivity index (χ0n) is 10.3. The maximum Gasteiger partial charge on any atom is 0.273 e. The van der Waals surface area contributed by atoms with Gasteiger partial charge in [-0.25, -0.2) is 0 Å². The van der Waals surface area contributed by atoms with E-state index in [0.29, 0.717) is 10.8 Å². The fraction of sp³-hybridized carbons (Fsp3) is 0.231. The van der Waals surface area contributed by atoms with Crippen molar-refractivity contribution in [1.82, 2.24) is 10.5 Å². The molecule has 2 N–H and O–H groups in total. The molecule has 1 atom stereocenters. The highest BCUT2D eigenvalue weighted by molar-refractivity contribution is 6.30. The van der Waals surface area contributed by atoms with Crippen molar-refractivity contribution in [3.05, 3.63) is 41.0 Å². The fourth-order valence-electron chi connectivity index (χ4n) is 1.50. The maximum absolute atomic E-state index is 11.8. The molecule has 0 spiro atoms. The third-order valence-electron chi connectivity index (χ3n) is 2.50.